The predicted octanol–water partition coefficient (Wildman–Crippen LogP) is 11.3. The van der Waals surface area contributed by atoms with Crippen LogP contribution in [0.5, 0.6) is 0 Å². The van der Waals surface area contributed by atoms with E-state index in [9.17, 15) is 0 Å². The van der Waals surface area contributed by atoms with Crippen molar-refractivity contribution in [3.63, 3.8) is 0 Å². The number of para-hydroxylation sites is 2. The number of hydrogen-bond acceptors (Lipinski definition) is 4. The van der Waals surface area contributed by atoms with E-state index in [4.69, 9.17) is 8.83 Å². The maximum atomic E-state index is 7.05. The van der Waals surface area contributed by atoms with Gasteiger partial charge in [-0.25, -0.2) is 0 Å². The molecule has 0 saturated carbocycles. The van der Waals surface area contributed by atoms with Crippen molar-refractivity contribution in [3.05, 3.63) is 139 Å². The van der Waals surface area contributed by atoms with E-state index in [-0.39, 0.29) is 17.5 Å². The van der Waals surface area contributed by atoms with E-state index < -0.39 is 8.07 Å². The summed E-state index contributed by atoms with van der Waals surface area (Å²) in [7, 11) is -2.56. The Morgan fingerprint density at radius 1 is 0.483 bits per heavy atom. The maximum Gasteiger partial charge on any atom is 0.252 e. The normalized spacial score (nSPS) is 15.3. The van der Waals surface area contributed by atoms with Gasteiger partial charge in [-0.2, -0.15) is 0 Å². The third-order valence-electron chi connectivity index (χ3n) is 13.5. The van der Waals surface area contributed by atoms with E-state index in [1.165, 1.54) is 88.2 Å². The highest BCUT2D eigenvalue weighted by Crippen LogP contribution is 2.49. The summed E-state index contributed by atoms with van der Waals surface area (Å²) >= 11 is 0. The van der Waals surface area contributed by atoms with Crippen molar-refractivity contribution in [3.8, 4) is 0 Å². The van der Waals surface area contributed by atoms with Crippen LogP contribution >= 0.6 is 0 Å². The molecule has 6 heteroatoms. The lowest BCUT2D eigenvalue weighted by Gasteiger charge is -2.49. The van der Waals surface area contributed by atoms with E-state index in [2.05, 4.69) is 192 Å². The van der Waals surface area contributed by atoms with Crippen LogP contribution in [-0.2, 0) is 10.8 Å². The quantitative estimate of drug-likeness (QED) is 0.156. The van der Waals surface area contributed by atoms with Crippen LogP contribution in [0.15, 0.2) is 136 Å². The van der Waals surface area contributed by atoms with Gasteiger partial charge < -0.3 is 18.6 Å². The van der Waals surface area contributed by atoms with Crippen molar-refractivity contribution in [2.24, 2.45) is 0 Å². The average molecular weight is 769 g/mol. The first-order chi connectivity index (χ1) is 27.8. The lowest BCUT2D eigenvalue weighted by molar-refractivity contribution is 0.590. The van der Waals surface area contributed by atoms with Gasteiger partial charge in [0.1, 0.15) is 30.4 Å². The summed E-state index contributed by atoms with van der Waals surface area (Å²) in [4.78, 5) is 5.11. The summed E-state index contributed by atoms with van der Waals surface area (Å²) in [6.45, 7) is 18.9. The maximum absolute atomic E-state index is 7.05. The fraction of sp³-hybridized carbons (Fsp3) is 0.192. The fourth-order valence-electron chi connectivity index (χ4n) is 10.7. The molecule has 5 heterocycles. The Kier molecular flexibility index (Phi) is 6.55. The Hall–Kier alpha value is -5.98. The minimum atomic E-state index is -2.56. The monoisotopic (exact) mass is 768 g/mol. The Balaban J connectivity index is 1.24. The van der Waals surface area contributed by atoms with Crippen molar-refractivity contribution in [1.29, 1.82) is 0 Å². The van der Waals surface area contributed by atoms with Crippen molar-refractivity contribution >= 4 is 120 Å². The molecule has 4 nitrogen and oxygen atoms in total. The molecule has 0 atom stereocenters. The summed E-state index contributed by atoms with van der Waals surface area (Å²) in [5.41, 5.74) is 18.0. The predicted molar refractivity (Wildman–Crippen MR) is 249 cm³/mol. The number of fused-ring (bicyclic) bond motifs is 14. The molecule has 0 amide bonds. The zero-order valence-electron chi connectivity index (χ0n) is 34.4. The van der Waals surface area contributed by atoms with Crippen LogP contribution in [0.25, 0.3) is 43.9 Å². The summed E-state index contributed by atoms with van der Waals surface area (Å²) < 4.78 is 14.0. The summed E-state index contributed by atoms with van der Waals surface area (Å²) in [6.07, 6.45) is 0. The van der Waals surface area contributed by atoms with E-state index in [0.717, 1.165) is 27.7 Å². The zero-order chi connectivity index (χ0) is 39.6. The van der Waals surface area contributed by atoms with Gasteiger partial charge in [0.15, 0.2) is 0 Å². The van der Waals surface area contributed by atoms with Gasteiger partial charge in [-0.1, -0.05) is 127 Å². The van der Waals surface area contributed by atoms with Gasteiger partial charge in [-0.05, 0) is 92.9 Å². The second-order valence-electron chi connectivity index (χ2n) is 19.4. The molecule has 2 aromatic heterocycles. The van der Waals surface area contributed by atoms with E-state index in [0.29, 0.717) is 0 Å². The molecule has 58 heavy (non-hydrogen) atoms. The van der Waals surface area contributed by atoms with Crippen molar-refractivity contribution in [2.45, 2.75) is 65.5 Å². The highest BCUT2D eigenvalue weighted by molar-refractivity contribution is 7.07. The van der Waals surface area contributed by atoms with Gasteiger partial charge in [0.25, 0.3) is 6.71 Å². The summed E-state index contributed by atoms with van der Waals surface area (Å²) in [5.74, 6) is 0. The molecule has 282 valence electrons. The highest BCUT2D eigenvalue weighted by atomic mass is 28.3. The standard InChI is InChI=1S/C52H45BN2O2Si/c1-51(2,3)30-20-23-32(24-21-30)54-39-26-22-31(52(4,5)6)28-37(39)53-38-29-36-34-15-10-12-19-44(34)57-48(36)50-46(38)55(41-17-13-16-40(54)45(41)53)42-27-25-35-33-14-9-11-18-43(33)56-47(35)49(42)58(50,7)8/h9-29H,1-8H3. The molecular formula is C52H45BN2O2Si. The topological polar surface area (TPSA) is 32.8 Å². The van der Waals surface area contributed by atoms with Crippen LogP contribution in [0.2, 0.25) is 13.1 Å². The lowest BCUT2D eigenvalue weighted by Crippen LogP contribution is -2.67. The summed E-state index contributed by atoms with van der Waals surface area (Å²) in [6, 6.07) is 47.7. The van der Waals surface area contributed by atoms with Crippen molar-refractivity contribution in [1.82, 2.24) is 0 Å². The molecule has 3 aliphatic heterocycles. The molecule has 0 N–H and O–H groups in total. The Morgan fingerprint density at radius 2 is 1.07 bits per heavy atom. The first-order valence-electron chi connectivity index (χ1n) is 20.7. The fourth-order valence-corrected chi connectivity index (χ4v) is 14.1. The lowest BCUT2D eigenvalue weighted by atomic mass is 9.33. The Labute approximate surface area is 340 Å². The molecule has 0 saturated heterocycles. The molecule has 0 radical (unpaired) electrons. The van der Waals surface area contributed by atoms with Gasteiger partial charge in [-0.3, -0.25) is 0 Å². The molecule has 12 rings (SSSR count). The van der Waals surface area contributed by atoms with Crippen LogP contribution < -0.4 is 36.6 Å². The smallest absolute Gasteiger partial charge is 0.252 e. The van der Waals surface area contributed by atoms with Crippen LogP contribution in [-0.4, -0.2) is 14.8 Å². The minimum absolute atomic E-state index is 0.0120. The summed E-state index contributed by atoms with van der Waals surface area (Å²) in [5, 5.41) is 7.37. The van der Waals surface area contributed by atoms with Gasteiger partial charge in [-0.15, -0.1) is 0 Å². The van der Waals surface area contributed by atoms with Crippen LogP contribution in [0.4, 0.5) is 34.1 Å². The van der Waals surface area contributed by atoms with Gasteiger partial charge in [0.2, 0.25) is 0 Å². The van der Waals surface area contributed by atoms with Crippen LogP contribution in [0.3, 0.4) is 0 Å². The molecule has 3 aliphatic rings. The molecule has 0 spiro atoms. The molecule has 9 aromatic rings. The minimum Gasteiger partial charge on any atom is -0.456 e. The number of nitrogens with zero attached hydrogens (tertiary/aromatic N) is 2. The third kappa shape index (κ3) is 4.36. The number of rotatable bonds is 1. The molecule has 0 bridgehead atoms. The van der Waals surface area contributed by atoms with Crippen molar-refractivity contribution < 1.29 is 8.83 Å². The molecule has 0 fully saturated rings. The van der Waals surface area contributed by atoms with E-state index in [1.54, 1.807) is 0 Å². The molecule has 0 aliphatic carbocycles. The number of furan rings is 2. The Morgan fingerprint density at radius 3 is 1.74 bits per heavy atom. The second-order valence-corrected chi connectivity index (χ2v) is 23.6. The first kappa shape index (κ1) is 34.1. The van der Waals surface area contributed by atoms with Crippen LogP contribution in [0, 0.1) is 0 Å². The first-order valence-corrected chi connectivity index (χ1v) is 23.7. The average Bonchev–Trinajstić information content (AvgIpc) is 3.77. The molecule has 7 aromatic carbocycles. The van der Waals surface area contributed by atoms with Gasteiger partial charge >= 0.3 is 0 Å². The number of hydrogen-bond donors (Lipinski definition) is 0. The van der Waals surface area contributed by atoms with E-state index >= 15 is 0 Å². The largest absolute Gasteiger partial charge is 0.456 e. The third-order valence-corrected chi connectivity index (χ3v) is 16.9. The highest BCUT2D eigenvalue weighted by Gasteiger charge is 2.51. The van der Waals surface area contributed by atoms with Crippen LogP contribution in [0.1, 0.15) is 52.7 Å². The van der Waals surface area contributed by atoms with Gasteiger partial charge in [0, 0.05) is 66.0 Å². The van der Waals surface area contributed by atoms with Crippen molar-refractivity contribution in [2.75, 3.05) is 9.80 Å². The zero-order valence-corrected chi connectivity index (χ0v) is 35.4. The second kappa shape index (κ2) is 11.1. The molecule has 0 unspecified atom stereocenters. The van der Waals surface area contributed by atoms with Gasteiger partial charge in [0.05, 0.1) is 0 Å². The molecular weight excluding hydrogens is 723 g/mol. The number of benzene rings is 7. The SMILES string of the molecule is CC(C)(C)c1ccc(N2c3ccc(C(C)(C)C)cc3B3c4cc5c(oc6ccccc65)c5c4N(c4cccc2c43)c2ccc3c(oc4ccccc43)c2[Si]5(C)C)cc1. The van der Waals surface area contributed by atoms with E-state index in [1.807, 2.05) is 0 Å². The number of anilines is 6. The Bertz CT molecular complexity index is 3250.